The molecule has 0 radical (unpaired) electrons. The Balaban J connectivity index is 2.25. The smallest absolute Gasteiger partial charge is 0.161 e. The van der Waals surface area contributed by atoms with Crippen molar-refractivity contribution in [2.24, 2.45) is 5.92 Å². The maximum absolute atomic E-state index is 10.0. The van der Waals surface area contributed by atoms with Crippen LogP contribution in [-0.4, -0.2) is 45.1 Å². The third-order valence-corrected chi connectivity index (χ3v) is 4.38. The Bertz CT molecular complexity index is 467. The van der Waals surface area contributed by atoms with Gasteiger partial charge in [0, 0.05) is 6.54 Å². The van der Waals surface area contributed by atoms with E-state index in [0.717, 1.165) is 12.1 Å². The fourth-order valence-corrected chi connectivity index (χ4v) is 2.74. The molecule has 1 rings (SSSR count). The molecule has 0 aromatic heterocycles. The molecule has 25 heavy (non-hydrogen) atoms. The van der Waals surface area contributed by atoms with Crippen LogP contribution >= 0.6 is 0 Å². The molecular formula is C20H35NO4. The molecule has 0 aliphatic carbocycles. The summed E-state index contributed by atoms with van der Waals surface area (Å²) >= 11 is 0. The minimum Gasteiger partial charge on any atom is -0.493 e. The minimum atomic E-state index is -0.496. The topological polar surface area (TPSA) is 60.0 Å². The second-order valence-electron chi connectivity index (χ2n) is 6.43. The summed E-state index contributed by atoms with van der Waals surface area (Å²) in [6.45, 7) is 6.72. The van der Waals surface area contributed by atoms with Gasteiger partial charge in [-0.05, 0) is 36.6 Å². The van der Waals surface area contributed by atoms with Gasteiger partial charge in [-0.1, -0.05) is 39.2 Å². The Kier molecular flexibility index (Phi) is 11.3. The molecular weight excluding hydrogens is 318 g/mol. The Morgan fingerprint density at radius 3 is 2.48 bits per heavy atom. The Morgan fingerprint density at radius 1 is 1.08 bits per heavy atom. The predicted octanol–water partition coefficient (Wildman–Crippen LogP) is 3.39. The highest BCUT2D eigenvalue weighted by Crippen LogP contribution is 2.27. The first-order chi connectivity index (χ1) is 12.1. The number of nitrogens with one attached hydrogen (secondary N) is 1. The van der Waals surface area contributed by atoms with Crippen LogP contribution in [0.25, 0.3) is 0 Å². The van der Waals surface area contributed by atoms with Crippen LogP contribution in [0.1, 0.15) is 45.1 Å². The van der Waals surface area contributed by atoms with E-state index in [9.17, 15) is 5.11 Å². The molecule has 0 spiro atoms. The molecule has 5 heteroatoms. The average Bonchev–Trinajstić information content (AvgIpc) is 2.64. The Morgan fingerprint density at radius 2 is 1.84 bits per heavy atom. The lowest BCUT2D eigenvalue weighted by Gasteiger charge is -2.17. The van der Waals surface area contributed by atoms with Gasteiger partial charge >= 0.3 is 0 Å². The van der Waals surface area contributed by atoms with Gasteiger partial charge in [-0.15, -0.1) is 0 Å². The zero-order valence-corrected chi connectivity index (χ0v) is 16.2. The molecule has 0 aliphatic heterocycles. The van der Waals surface area contributed by atoms with Gasteiger partial charge in [0.05, 0.1) is 33.5 Å². The molecule has 1 aromatic rings. The first kappa shape index (κ1) is 21.7. The molecule has 5 nitrogen and oxygen atoms in total. The van der Waals surface area contributed by atoms with Gasteiger partial charge in [0.15, 0.2) is 11.5 Å². The molecule has 0 saturated carbocycles. The molecule has 0 saturated heterocycles. The highest BCUT2D eigenvalue weighted by molar-refractivity contribution is 5.42. The van der Waals surface area contributed by atoms with Crippen molar-refractivity contribution in [3.05, 3.63) is 23.8 Å². The molecule has 0 bridgehead atoms. The van der Waals surface area contributed by atoms with Crippen LogP contribution in [0.4, 0.5) is 0 Å². The number of unbranched alkanes of at least 4 members (excludes halogenated alkanes) is 1. The Labute approximate surface area is 152 Å². The normalized spacial score (nSPS) is 13.5. The summed E-state index contributed by atoms with van der Waals surface area (Å²) < 4.78 is 16.1. The zero-order chi connectivity index (χ0) is 18.5. The number of rotatable bonds is 14. The van der Waals surface area contributed by atoms with E-state index in [4.69, 9.17) is 14.2 Å². The second-order valence-corrected chi connectivity index (χ2v) is 6.43. The number of benzene rings is 1. The predicted molar refractivity (Wildman–Crippen MR) is 101 cm³/mol. The van der Waals surface area contributed by atoms with Crippen LogP contribution in [0, 0.1) is 5.92 Å². The summed E-state index contributed by atoms with van der Waals surface area (Å²) in [7, 11) is 3.23. The van der Waals surface area contributed by atoms with E-state index >= 15 is 0 Å². The van der Waals surface area contributed by atoms with Crippen molar-refractivity contribution in [2.45, 2.75) is 52.2 Å². The fourth-order valence-electron chi connectivity index (χ4n) is 2.74. The summed E-state index contributed by atoms with van der Waals surface area (Å²) in [4.78, 5) is 0. The molecule has 1 aromatic carbocycles. The summed E-state index contributed by atoms with van der Waals surface area (Å²) in [6, 6.07) is 5.69. The van der Waals surface area contributed by atoms with Crippen LogP contribution in [0.2, 0.25) is 0 Å². The first-order valence-electron chi connectivity index (χ1n) is 9.31. The van der Waals surface area contributed by atoms with Crippen LogP contribution in [0.3, 0.4) is 0 Å². The number of hydrogen-bond donors (Lipinski definition) is 2. The van der Waals surface area contributed by atoms with Crippen molar-refractivity contribution < 1.29 is 19.3 Å². The maximum atomic E-state index is 10.0. The van der Waals surface area contributed by atoms with Crippen LogP contribution in [0.5, 0.6) is 11.5 Å². The molecule has 0 aliphatic rings. The number of methoxy groups -OCH3 is 2. The van der Waals surface area contributed by atoms with Gasteiger partial charge < -0.3 is 24.6 Å². The number of aliphatic hydroxyl groups excluding tert-OH is 1. The van der Waals surface area contributed by atoms with Crippen LogP contribution in [-0.2, 0) is 11.3 Å². The number of aliphatic hydroxyl groups is 1. The van der Waals surface area contributed by atoms with E-state index in [0.29, 0.717) is 37.2 Å². The lowest BCUT2D eigenvalue weighted by molar-refractivity contribution is 0.0284. The monoisotopic (exact) mass is 353 g/mol. The van der Waals surface area contributed by atoms with Gasteiger partial charge in [0.2, 0.25) is 0 Å². The molecule has 0 amide bonds. The molecule has 2 atom stereocenters. The first-order valence-corrected chi connectivity index (χ1v) is 9.31. The van der Waals surface area contributed by atoms with Gasteiger partial charge in [0.25, 0.3) is 0 Å². The van der Waals surface area contributed by atoms with Crippen molar-refractivity contribution in [3.63, 3.8) is 0 Å². The van der Waals surface area contributed by atoms with E-state index in [2.05, 4.69) is 19.2 Å². The minimum absolute atomic E-state index is 0.313. The van der Waals surface area contributed by atoms with Crippen molar-refractivity contribution in [3.8, 4) is 11.5 Å². The largest absolute Gasteiger partial charge is 0.493 e. The van der Waals surface area contributed by atoms with Crippen LogP contribution < -0.4 is 14.8 Å². The number of hydrogen-bond acceptors (Lipinski definition) is 5. The van der Waals surface area contributed by atoms with Crippen LogP contribution in [0.15, 0.2) is 18.2 Å². The van der Waals surface area contributed by atoms with Crippen molar-refractivity contribution >= 4 is 0 Å². The second kappa shape index (κ2) is 13.0. The molecule has 0 fully saturated rings. The van der Waals surface area contributed by atoms with Gasteiger partial charge in [0.1, 0.15) is 0 Å². The van der Waals surface area contributed by atoms with E-state index in [1.807, 2.05) is 18.2 Å². The summed E-state index contributed by atoms with van der Waals surface area (Å²) in [5, 5.41) is 13.4. The third-order valence-electron chi connectivity index (χ3n) is 4.38. The molecule has 2 N–H and O–H groups in total. The Hall–Kier alpha value is -1.30. The maximum Gasteiger partial charge on any atom is 0.161 e. The van der Waals surface area contributed by atoms with Crippen molar-refractivity contribution in [1.82, 2.24) is 5.32 Å². The molecule has 0 heterocycles. The van der Waals surface area contributed by atoms with Gasteiger partial charge in [-0.25, -0.2) is 0 Å². The average molecular weight is 354 g/mol. The standard InChI is InChI=1S/C20H35NO4/c1-5-7-8-16(6-2)12-21-13-18(22)15-25-14-17-9-10-19(23-3)20(11-17)24-4/h9-11,16,18,21-22H,5-8,12-15H2,1-4H3/t16-,18-/m1/s1. The molecule has 0 unspecified atom stereocenters. The quantitative estimate of drug-likeness (QED) is 0.537. The summed E-state index contributed by atoms with van der Waals surface area (Å²) in [6.07, 6.45) is 4.45. The summed E-state index contributed by atoms with van der Waals surface area (Å²) in [5.74, 6) is 2.08. The van der Waals surface area contributed by atoms with E-state index in [-0.39, 0.29) is 0 Å². The fraction of sp³-hybridized carbons (Fsp3) is 0.700. The van der Waals surface area contributed by atoms with E-state index in [1.54, 1.807) is 14.2 Å². The van der Waals surface area contributed by atoms with Crippen molar-refractivity contribution in [1.29, 1.82) is 0 Å². The van der Waals surface area contributed by atoms with E-state index in [1.165, 1.54) is 25.7 Å². The van der Waals surface area contributed by atoms with Gasteiger partial charge in [-0.2, -0.15) is 0 Å². The molecule has 144 valence electrons. The highest BCUT2D eigenvalue weighted by atomic mass is 16.5. The lowest BCUT2D eigenvalue weighted by atomic mass is 9.99. The third kappa shape index (κ3) is 8.56. The lowest BCUT2D eigenvalue weighted by Crippen LogP contribution is -2.33. The van der Waals surface area contributed by atoms with Gasteiger partial charge in [-0.3, -0.25) is 0 Å². The summed E-state index contributed by atoms with van der Waals surface area (Å²) in [5.41, 5.74) is 0.989. The SMILES string of the molecule is CCCC[C@@H](CC)CNC[C@@H](O)COCc1ccc(OC)c(OC)c1. The van der Waals surface area contributed by atoms with Crippen molar-refractivity contribution in [2.75, 3.05) is 33.9 Å². The van der Waals surface area contributed by atoms with E-state index < -0.39 is 6.10 Å². The zero-order valence-electron chi connectivity index (χ0n) is 16.2. The highest BCUT2D eigenvalue weighted by Gasteiger charge is 2.09. The number of ether oxygens (including phenoxy) is 3.